The molecule has 0 fully saturated rings. The summed E-state index contributed by atoms with van der Waals surface area (Å²) in [6.07, 6.45) is 0. The maximum atomic E-state index is 11.8. The van der Waals surface area contributed by atoms with Crippen LogP contribution in [0, 0.1) is 10.8 Å². The van der Waals surface area contributed by atoms with Crippen molar-refractivity contribution in [3.8, 4) is 0 Å². The lowest BCUT2D eigenvalue weighted by Crippen LogP contribution is -2.28. The van der Waals surface area contributed by atoms with Crippen LogP contribution in [0.1, 0.15) is 83.0 Å². The van der Waals surface area contributed by atoms with Gasteiger partial charge in [0.15, 0.2) is 0 Å². The second kappa shape index (κ2) is 22.1. The Morgan fingerprint density at radius 3 is 1.26 bits per heavy atom. The molecule has 260 valence electrons. The van der Waals surface area contributed by atoms with E-state index in [1.165, 1.54) is 40.9 Å². The molecule has 0 unspecified atom stereocenters. The van der Waals surface area contributed by atoms with Crippen molar-refractivity contribution < 1.29 is 28.9 Å². The number of nitrogen functional groups attached to an aromatic ring is 1. The van der Waals surface area contributed by atoms with E-state index in [2.05, 4.69) is 31.0 Å². The third-order valence-corrected chi connectivity index (χ3v) is 6.85. The zero-order chi connectivity index (χ0) is 36.3. The van der Waals surface area contributed by atoms with E-state index in [0.29, 0.717) is 22.5 Å². The molecule has 12 heteroatoms. The molecule has 0 bridgehead atoms. The van der Waals surface area contributed by atoms with Gasteiger partial charge in [0, 0.05) is 47.4 Å². The summed E-state index contributed by atoms with van der Waals surface area (Å²) in [6.45, 7) is 21.0. The molecule has 0 aliphatic rings. The average Bonchev–Trinajstić information content (AvgIpc) is 3.01. The highest BCUT2D eigenvalue weighted by molar-refractivity contribution is 6.64. The number of hydroxylamine groups is 4. The molecule has 0 heterocycles. The molecule has 2 aromatic rings. The molecular weight excluding hydrogens is 610 g/mol. The highest BCUT2D eigenvalue weighted by Crippen LogP contribution is 2.18. The van der Waals surface area contributed by atoms with Crippen LogP contribution in [0.25, 0.3) is 0 Å². The summed E-state index contributed by atoms with van der Waals surface area (Å²) in [7, 11) is 5.96. The van der Waals surface area contributed by atoms with E-state index in [1.54, 1.807) is 76.3 Å². The standard InChI is InChI=1S/C14H20N2O3.C9H12N2O2.C6H15N.C5H9ClO/c1-14(2,3)13(18)15-11-8-6-10(7-9-11)12(17)16(4)19-5;1-11(13-2)9(12)7-3-5-8(10)6-4-7;1-4-7(5-2)6-3;1-5(2,3)4(6)7/h6-9H,1-5H3,(H,15,18);3-6H,10H2,1-2H3;4-6H2,1-3H3;1-3H3. The molecule has 3 N–H and O–H groups in total. The fraction of sp³-hybridized carbons (Fsp3) is 0.529. The first-order valence-corrected chi connectivity index (χ1v) is 15.4. The number of amides is 3. The number of halogens is 1. The molecule has 2 aromatic carbocycles. The van der Waals surface area contributed by atoms with Crippen molar-refractivity contribution in [2.45, 2.75) is 62.3 Å². The smallest absolute Gasteiger partial charge is 0.277 e. The summed E-state index contributed by atoms with van der Waals surface area (Å²) in [6, 6.07) is 13.4. The Labute approximate surface area is 281 Å². The molecule has 0 spiro atoms. The molecule has 0 saturated carbocycles. The first-order valence-electron chi connectivity index (χ1n) is 15.0. The molecule has 2 rings (SSSR count). The minimum atomic E-state index is -0.454. The van der Waals surface area contributed by atoms with Crippen molar-refractivity contribution >= 4 is 45.9 Å². The van der Waals surface area contributed by atoms with E-state index in [9.17, 15) is 19.2 Å². The van der Waals surface area contributed by atoms with Crippen LogP contribution >= 0.6 is 11.6 Å². The van der Waals surface area contributed by atoms with Crippen molar-refractivity contribution in [2.24, 2.45) is 10.8 Å². The Kier molecular flexibility index (Phi) is 21.4. The fourth-order valence-corrected chi connectivity index (χ4v) is 2.84. The lowest BCUT2D eigenvalue weighted by atomic mass is 9.95. The number of nitrogens with two attached hydrogens (primary N) is 1. The largest absolute Gasteiger partial charge is 0.399 e. The summed E-state index contributed by atoms with van der Waals surface area (Å²) in [5.74, 6) is -0.501. The molecule has 3 amide bonds. The van der Waals surface area contributed by atoms with Crippen LogP contribution in [-0.4, -0.2) is 85.9 Å². The van der Waals surface area contributed by atoms with E-state index in [0.717, 1.165) is 10.1 Å². The SMILES string of the molecule is CC(C)(C)C(=O)Cl.CCN(CC)CC.CON(C)C(=O)c1ccc(N)cc1.CON(C)C(=O)c1ccc(NC(=O)C(C)(C)C)cc1. The van der Waals surface area contributed by atoms with Crippen LogP contribution in [0.5, 0.6) is 0 Å². The van der Waals surface area contributed by atoms with Crippen LogP contribution in [0.4, 0.5) is 11.4 Å². The minimum absolute atomic E-state index is 0.0689. The van der Waals surface area contributed by atoms with E-state index in [4.69, 9.17) is 27.0 Å². The molecule has 11 nitrogen and oxygen atoms in total. The summed E-state index contributed by atoms with van der Waals surface area (Å²) >= 11 is 5.11. The van der Waals surface area contributed by atoms with Gasteiger partial charge < -0.3 is 16.0 Å². The Balaban J connectivity index is 0. The lowest BCUT2D eigenvalue weighted by Gasteiger charge is -2.18. The molecule has 0 aliphatic carbocycles. The van der Waals surface area contributed by atoms with Gasteiger partial charge in [-0.15, -0.1) is 0 Å². The predicted molar refractivity (Wildman–Crippen MR) is 187 cm³/mol. The lowest BCUT2D eigenvalue weighted by molar-refractivity contribution is -0.123. The third kappa shape index (κ3) is 18.5. The number of benzene rings is 2. The number of anilines is 2. The summed E-state index contributed by atoms with van der Waals surface area (Å²) in [5, 5.41) is 4.81. The number of rotatable bonds is 8. The van der Waals surface area contributed by atoms with Crippen LogP contribution in [-0.2, 0) is 19.3 Å². The highest BCUT2D eigenvalue weighted by atomic mass is 35.5. The third-order valence-electron chi connectivity index (χ3n) is 6.28. The first kappa shape index (κ1) is 44.6. The number of hydrogen-bond acceptors (Lipinski definition) is 8. The van der Waals surface area contributed by atoms with Gasteiger partial charge in [-0.1, -0.05) is 62.3 Å². The highest BCUT2D eigenvalue weighted by Gasteiger charge is 2.21. The van der Waals surface area contributed by atoms with E-state index >= 15 is 0 Å². The Bertz CT molecular complexity index is 1180. The molecule has 0 atom stereocenters. The predicted octanol–water partition coefficient (Wildman–Crippen LogP) is 6.35. The molecule has 0 aliphatic heterocycles. The average molecular weight is 666 g/mol. The molecule has 0 aromatic heterocycles. The summed E-state index contributed by atoms with van der Waals surface area (Å²) in [5.41, 5.74) is 7.00. The van der Waals surface area contributed by atoms with Gasteiger partial charge in [-0.25, -0.2) is 10.1 Å². The second-order valence-electron chi connectivity index (χ2n) is 12.0. The van der Waals surface area contributed by atoms with Crippen LogP contribution in [0.3, 0.4) is 0 Å². The normalized spacial score (nSPS) is 10.6. The summed E-state index contributed by atoms with van der Waals surface area (Å²) < 4.78 is 0. The van der Waals surface area contributed by atoms with Crippen molar-refractivity contribution in [3.63, 3.8) is 0 Å². The molecule has 0 saturated heterocycles. The maximum Gasteiger partial charge on any atom is 0.277 e. The van der Waals surface area contributed by atoms with Crippen molar-refractivity contribution in [2.75, 3.05) is 59.0 Å². The van der Waals surface area contributed by atoms with Crippen LogP contribution < -0.4 is 11.1 Å². The number of nitrogens with one attached hydrogen (secondary N) is 1. The van der Waals surface area contributed by atoms with Gasteiger partial charge in [0.05, 0.1) is 14.2 Å². The topological polar surface area (TPSA) is 135 Å². The zero-order valence-electron chi connectivity index (χ0n) is 30.0. The van der Waals surface area contributed by atoms with E-state index in [-0.39, 0.29) is 28.4 Å². The van der Waals surface area contributed by atoms with Gasteiger partial charge in [-0.05, 0) is 79.8 Å². The Morgan fingerprint density at radius 1 is 0.696 bits per heavy atom. The minimum Gasteiger partial charge on any atom is -0.399 e. The molecule has 0 radical (unpaired) electrons. The number of carbonyl (C=O) groups is 4. The van der Waals surface area contributed by atoms with Gasteiger partial charge in [-0.3, -0.25) is 28.9 Å². The number of nitrogens with zero attached hydrogens (tertiary/aromatic N) is 3. The number of carbonyl (C=O) groups excluding carboxylic acids is 4. The van der Waals surface area contributed by atoms with Crippen LogP contribution in [0.2, 0.25) is 0 Å². The molecular formula is C34H56ClN5O6. The number of hydrogen-bond donors (Lipinski definition) is 2. The van der Waals surface area contributed by atoms with Gasteiger partial charge in [0.2, 0.25) is 11.1 Å². The van der Waals surface area contributed by atoms with E-state index < -0.39 is 5.41 Å². The first-order chi connectivity index (χ1) is 21.2. The monoisotopic (exact) mass is 665 g/mol. The Morgan fingerprint density at radius 2 is 1.02 bits per heavy atom. The zero-order valence-corrected chi connectivity index (χ0v) is 30.7. The van der Waals surface area contributed by atoms with E-state index in [1.807, 2.05) is 20.8 Å². The summed E-state index contributed by atoms with van der Waals surface area (Å²) in [4.78, 5) is 57.2. The maximum absolute atomic E-state index is 11.8. The van der Waals surface area contributed by atoms with Gasteiger partial charge in [-0.2, -0.15) is 0 Å². The second-order valence-corrected chi connectivity index (χ2v) is 12.4. The van der Waals surface area contributed by atoms with Gasteiger partial charge in [0.25, 0.3) is 11.8 Å². The van der Waals surface area contributed by atoms with Crippen molar-refractivity contribution in [3.05, 3.63) is 59.7 Å². The fourth-order valence-electron chi connectivity index (χ4n) is 2.84. The van der Waals surface area contributed by atoms with Crippen LogP contribution in [0.15, 0.2) is 48.5 Å². The van der Waals surface area contributed by atoms with Crippen molar-refractivity contribution in [1.82, 2.24) is 15.0 Å². The quantitative estimate of drug-likeness (QED) is 0.189. The van der Waals surface area contributed by atoms with Gasteiger partial charge >= 0.3 is 0 Å². The Hall–Kier alpha value is -3.51. The molecule has 46 heavy (non-hydrogen) atoms. The van der Waals surface area contributed by atoms with Gasteiger partial charge in [0.1, 0.15) is 0 Å². The van der Waals surface area contributed by atoms with Crippen molar-refractivity contribution in [1.29, 1.82) is 0 Å².